The van der Waals surface area contributed by atoms with Crippen LogP contribution in [0, 0.1) is 0 Å². The minimum Gasteiger partial charge on any atom is -0.309 e. The van der Waals surface area contributed by atoms with Crippen LogP contribution in [0.3, 0.4) is 0 Å². The summed E-state index contributed by atoms with van der Waals surface area (Å²) in [4.78, 5) is 0. The van der Waals surface area contributed by atoms with E-state index in [0.717, 1.165) is 7.57 Å². The van der Waals surface area contributed by atoms with E-state index >= 15 is 0 Å². The summed E-state index contributed by atoms with van der Waals surface area (Å²) in [6.45, 7) is 0. The van der Waals surface area contributed by atoms with Crippen molar-refractivity contribution in [1.29, 1.82) is 0 Å². The van der Waals surface area contributed by atoms with E-state index in [1.165, 1.54) is 21.9 Å². The molecule has 1 aromatic heterocycles. The minimum absolute atomic E-state index is 0.191. The minimum atomic E-state index is 0.191. The fourth-order valence-corrected chi connectivity index (χ4v) is 5.34. The number of nitrogens with one attached hydrogen (secondary N) is 1. The Labute approximate surface area is 139 Å². The van der Waals surface area contributed by atoms with E-state index in [2.05, 4.69) is 85.7 Å². The molecule has 0 spiro atoms. The van der Waals surface area contributed by atoms with Crippen molar-refractivity contribution in [2.45, 2.75) is 6.04 Å². The number of hydrogen-bond acceptors (Lipinski definition) is 2. The molecule has 0 aliphatic rings. The van der Waals surface area contributed by atoms with Crippen molar-refractivity contribution >= 4 is 54.0 Å². The van der Waals surface area contributed by atoms with Crippen LogP contribution in [0.15, 0.2) is 56.1 Å². The van der Waals surface area contributed by atoms with Crippen LogP contribution in [0.1, 0.15) is 17.2 Å². The van der Waals surface area contributed by atoms with Crippen molar-refractivity contribution in [3.05, 3.63) is 67.2 Å². The first kappa shape index (κ1) is 14.3. The van der Waals surface area contributed by atoms with Gasteiger partial charge in [-0.1, -0.05) is 36.4 Å². The molecule has 0 aliphatic heterocycles. The molecule has 20 heavy (non-hydrogen) atoms. The first-order chi connectivity index (χ1) is 9.69. The lowest BCUT2D eigenvalue weighted by Gasteiger charge is -2.17. The Kier molecular flexibility index (Phi) is 4.26. The molecular formula is C16H13Br2NS. The second-order valence-corrected chi connectivity index (χ2v) is 8.36. The van der Waals surface area contributed by atoms with Crippen molar-refractivity contribution < 1.29 is 0 Å². The Balaban J connectivity index is 2.09. The highest BCUT2D eigenvalue weighted by Crippen LogP contribution is 2.38. The van der Waals surface area contributed by atoms with E-state index in [0.29, 0.717) is 0 Å². The van der Waals surface area contributed by atoms with Crippen LogP contribution in [0.4, 0.5) is 0 Å². The normalized spacial score (nSPS) is 12.8. The number of thiophene rings is 1. The lowest BCUT2D eigenvalue weighted by atomic mass is 9.98. The quantitative estimate of drug-likeness (QED) is 0.580. The van der Waals surface area contributed by atoms with E-state index in [1.54, 1.807) is 11.3 Å². The van der Waals surface area contributed by atoms with Crippen LogP contribution in [-0.2, 0) is 0 Å². The summed E-state index contributed by atoms with van der Waals surface area (Å²) < 4.78 is 2.30. The van der Waals surface area contributed by atoms with Crippen LogP contribution in [-0.4, -0.2) is 7.05 Å². The molecule has 0 aliphatic carbocycles. The van der Waals surface area contributed by atoms with Crippen LogP contribution < -0.4 is 5.32 Å². The Bertz CT molecular complexity index is 751. The summed E-state index contributed by atoms with van der Waals surface area (Å²) in [5, 5.41) is 5.96. The maximum absolute atomic E-state index is 3.65. The average Bonchev–Trinajstić information content (AvgIpc) is 2.78. The summed E-state index contributed by atoms with van der Waals surface area (Å²) in [5.74, 6) is 0. The van der Waals surface area contributed by atoms with Gasteiger partial charge in [-0.25, -0.2) is 0 Å². The van der Waals surface area contributed by atoms with Crippen molar-refractivity contribution in [1.82, 2.24) is 5.32 Å². The highest BCUT2D eigenvalue weighted by molar-refractivity contribution is 9.12. The van der Waals surface area contributed by atoms with Crippen LogP contribution in [0.2, 0.25) is 0 Å². The first-order valence-electron chi connectivity index (χ1n) is 6.29. The Morgan fingerprint density at radius 1 is 1.00 bits per heavy atom. The number of halogens is 2. The summed E-state index contributed by atoms with van der Waals surface area (Å²) in [5.41, 5.74) is 2.54. The Morgan fingerprint density at radius 3 is 2.40 bits per heavy atom. The lowest BCUT2D eigenvalue weighted by molar-refractivity contribution is 0.693. The maximum atomic E-state index is 3.65. The van der Waals surface area contributed by atoms with Crippen LogP contribution in [0.5, 0.6) is 0 Å². The molecule has 0 bridgehead atoms. The molecule has 1 atom stereocenters. The van der Waals surface area contributed by atoms with Gasteiger partial charge in [-0.15, -0.1) is 11.3 Å². The Morgan fingerprint density at radius 2 is 1.75 bits per heavy atom. The highest BCUT2D eigenvalue weighted by Gasteiger charge is 2.17. The molecule has 0 fully saturated rings. The van der Waals surface area contributed by atoms with Gasteiger partial charge in [0.2, 0.25) is 0 Å². The summed E-state index contributed by atoms with van der Waals surface area (Å²) in [6.07, 6.45) is 0. The van der Waals surface area contributed by atoms with Crippen molar-refractivity contribution in [3.63, 3.8) is 0 Å². The van der Waals surface area contributed by atoms with E-state index in [4.69, 9.17) is 0 Å². The van der Waals surface area contributed by atoms with Crippen molar-refractivity contribution in [2.24, 2.45) is 0 Å². The molecular weight excluding hydrogens is 398 g/mol. The molecule has 1 N–H and O–H groups in total. The highest BCUT2D eigenvalue weighted by atomic mass is 79.9. The number of fused-ring (bicyclic) bond motifs is 1. The molecule has 0 saturated carbocycles. The van der Waals surface area contributed by atoms with Crippen LogP contribution in [0.25, 0.3) is 10.8 Å². The largest absolute Gasteiger partial charge is 0.309 e. The van der Waals surface area contributed by atoms with E-state index < -0.39 is 0 Å². The van der Waals surface area contributed by atoms with Gasteiger partial charge in [0.25, 0.3) is 0 Å². The fourth-order valence-electron chi connectivity index (χ4n) is 2.44. The third kappa shape index (κ3) is 2.70. The molecule has 0 amide bonds. The summed E-state index contributed by atoms with van der Waals surface area (Å²) >= 11 is 8.91. The topological polar surface area (TPSA) is 12.0 Å². The van der Waals surface area contributed by atoms with E-state index in [9.17, 15) is 0 Å². The molecule has 1 heterocycles. The number of benzene rings is 2. The standard InChI is InChI=1S/C16H13Br2NS/c1-19-15(13-9-14(17)20-16(13)18)12-7-6-10-4-2-3-5-11(10)8-12/h2-9,15,19H,1H3. The lowest BCUT2D eigenvalue weighted by Crippen LogP contribution is -2.17. The van der Waals surface area contributed by atoms with Gasteiger partial charge >= 0.3 is 0 Å². The molecule has 0 radical (unpaired) electrons. The first-order valence-corrected chi connectivity index (χ1v) is 8.70. The third-order valence-corrected chi connectivity index (χ3v) is 5.78. The monoisotopic (exact) mass is 409 g/mol. The summed E-state index contributed by atoms with van der Waals surface area (Å²) in [7, 11) is 2.00. The van der Waals surface area contributed by atoms with Crippen molar-refractivity contribution in [2.75, 3.05) is 7.05 Å². The average molecular weight is 411 g/mol. The van der Waals surface area contributed by atoms with Gasteiger partial charge in [-0.05, 0) is 72.9 Å². The molecule has 4 heteroatoms. The van der Waals surface area contributed by atoms with E-state index in [-0.39, 0.29) is 6.04 Å². The molecule has 1 nitrogen and oxygen atoms in total. The molecule has 0 saturated heterocycles. The second-order valence-electron chi connectivity index (χ2n) is 4.61. The third-order valence-electron chi connectivity index (χ3n) is 3.39. The predicted molar refractivity (Wildman–Crippen MR) is 94.6 cm³/mol. The van der Waals surface area contributed by atoms with Gasteiger partial charge in [-0.2, -0.15) is 0 Å². The predicted octanol–water partition coefficient (Wildman–Crippen LogP) is 5.74. The van der Waals surface area contributed by atoms with Gasteiger partial charge in [0.05, 0.1) is 13.6 Å². The Hall–Kier alpha value is -0.680. The smallest absolute Gasteiger partial charge is 0.0761 e. The van der Waals surface area contributed by atoms with Gasteiger partial charge in [-0.3, -0.25) is 0 Å². The van der Waals surface area contributed by atoms with Gasteiger partial charge < -0.3 is 5.32 Å². The van der Waals surface area contributed by atoms with Gasteiger partial charge in [0.1, 0.15) is 0 Å². The van der Waals surface area contributed by atoms with Crippen LogP contribution >= 0.6 is 43.2 Å². The second kappa shape index (κ2) is 5.98. The molecule has 102 valence electrons. The zero-order chi connectivity index (χ0) is 14.1. The number of rotatable bonds is 3. The molecule has 3 rings (SSSR count). The van der Waals surface area contributed by atoms with Gasteiger partial charge in [0.15, 0.2) is 0 Å². The van der Waals surface area contributed by atoms with Gasteiger partial charge in [0, 0.05) is 0 Å². The number of hydrogen-bond donors (Lipinski definition) is 1. The maximum Gasteiger partial charge on any atom is 0.0761 e. The zero-order valence-corrected chi connectivity index (χ0v) is 14.8. The van der Waals surface area contributed by atoms with E-state index in [1.807, 2.05) is 7.05 Å². The zero-order valence-electron chi connectivity index (χ0n) is 10.9. The SMILES string of the molecule is CNC(c1ccc2ccccc2c1)c1cc(Br)sc1Br. The molecule has 1 unspecified atom stereocenters. The summed E-state index contributed by atoms with van der Waals surface area (Å²) in [6, 6.07) is 17.5. The van der Waals surface area contributed by atoms with Crippen molar-refractivity contribution in [3.8, 4) is 0 Å². The molecule has 3 aromatic rings. The molecule has 2 aromatic carbocycles. The fraction of sp³-hybridized carbons (Fsp3) is 0.125.